The SMILES string of the molecule is Cc1nc(-c2cccs2)cc(C2CN3CCC2CC3CNC2CCOCC2)n1. The molecule has 4 unspecified atom stereocenters. The van der Waals surface area contributed by atoms with Gasteiger partial charge in [-0.3, -0.25) is 4.90 Å². The predicted molar refractivity (Wildman–Crippen MR) is 113 cm³/mol. The van der Waals surface area contributed by atoms with Crippen LogP contribution in [0.5, 0.6) is 0 Å². The first-order valence-electron chi connectivity index (χ1n) is 10.7. The Balaban J connectivity index is 1.27. The fourth-order valence-electron chi connectivity index (χ4n) is 5.22. The molecular weight excluding hydrogens is 368 g/mol. The molecule has 2 aromatic heterocycles. The van der Waals surface area contributed by atoms with Crippen molar-refractivity contribution in [1.82, 2.24) is 20.2 Å². The fraction of sp³-hybridized carbons (Fsp3) is 0.636. The Morgan fingerprint density at radius 3 is 2.89 bits per heavy atom. The second kappa shape index (κ2) is 8.19. The summed E-state index contributed by atoms with van der Waals surface area (Å²) in [7, 11) is 0. The normalized spacial score (nSPS) is 30.6. The van der Waals surface area contributed by atoms with E-state index in [0.29, 0.717) is 18.0 Å². The number of hydrogen-bond acceptors (Lipinski definition) is 6. The van der Waals surface area contributed by atoms with E-state index in [1.807, 2.05) is 6.92 Å². The van der Waals surface area contributed by atoms with Gasteiger partial charge in [0.2, 0.25) is 0 Å². The highest BCUT2D eigenvalue weighted by molar-refractivity contribution is 7.13. The molecule has 2 bridgehead atoms. The van der Waals surface area contributed by atoms with Crippen LogP contribution in [0.1, 0.15) is 43.1 Å². The van der Waals surface area contributed by atoms with E-state index in [2.05, 4.69) is 33.8 Å². The summed E-state index contributed by atoms with van der Waals surface area (Å²) in [6, 6.07) is 7.83. The van der Waals surface area contributed by atoms with Crippen molar-refractivity contribution < 1.29 is 4.74 Å². The van der Waals surface area contributed by atoms with Crippen LogP contribution < -0.4 is 5.32 Å². The Bertz CT molecular complexity index is 790. The van der Waals surface area contributed by atoms with Crippen molar-refractivity contribution in [2.24, 2.45) is 5.92 Å². The van der Waals surface area contributed by atoms with Crippen LogP contribution in [0.15, 0.2) is 23.6 Å². The van der Waals surface area contributed by atoms with Gasteiger partial charge in [-0.05, 0) is 62.6 Å². The van der Waals surface area contributed by atoms with E-state index in [-0.39, 0.29) is 0 Å². The fourth-order valence-corrected chi connectivity index (χ4v) is 5.91. The van der Waals surface area contributed by atoms with E-state index in [0.717, 1.165) is 56.6 Å². The van der Waals surface area contributed by atoms with Gasteiger partial charge in [0.15, 0.2) is 0 Å². The predicted octanol–water partition coefficient (Wildman–Crippen LogP) is 3.46. The molecule has 0 amide bonds. The first-order valence-corrected chi connectivity index (χ1v) is 11.6. The van der Waals surface area contributed by atoms with Gasteiger partial charge in [0, 0.05) is 50.0 Å². The van der Waals surface area contributed by atoms with E-state index >= 15 is 0 Å². The van der Waals surface area contributed by atoms with Gasteiger partial charge in [-0.1, -0.05) is 6.07 Å². The maximum Gasteiger partial charge on any atom is 0.126 e. The first-order chi connectivity index (χ1) is 13.8. The highest BCUT2D eigenvalue weighted by atomic mass is 32.1. The minimum absolute atomic E-state index is 0.550. The molecule has 6 heteroatoms. The quantitative estimate of drug-likeness (QED) is 0.836. The monoisotopic (exact) mass is 398 g/mol. The number of aryl methyl sites for hydroxylation is 1. The molecule has 6 rings (SSSR count). The highest BCUT2D eigenvalue weighted by Gasteiger charge is 2.41. The lowest BCUT2D eigenvalue weighted by Crippen LogP contribution is -2.56. The number of fused-ring (bicyclic) bond motifs is 3. The minimum atomic E-state index is 0.550. The van der Waals surface area contributed by atoms with Gasteiger partial charge in [-0.15, -0.1) is 11.3 Å². The van der Waals surface area contributed by atoms with Crippen LogP contribution in [0, 0.1) is 12.8 Å². The topological polar surface area (TPSA) is 50.3 Å². The maximum atomic E-state index is 5.49. The third-order valence-corrected chi connectivity index (χ3v) is 7.65. The van der Waals surface area contributed by atoms with Gasteiger partial charge in [-0.2, -0.15) is 0 Å². The van der Waals surface area contributed by atoms with Crippen LogP contribution in [-0.2, 0) is 4.74 Å². The Hall–Kier alpha value is -1.34. The molecule has 2 aromatic rings. The van der Waals surface area contributed by atoms with Crippen LogP contribution in [0.3, 0.4) is 0 Å². The molecule has 150 valence electrons. The van der Waals surface area contributed by atoms with Crippen molar-refractivity contribution in [3.05, 3.63) is 35.1 Å². The molecule has 4 aliphatic rings. The standard InChI is InChI=1S/C22H30N4OS/c1-15-24-20(12-21(25-15)22-3-2-10-28-22)19-14-26-7-4-16(19)11-18(26)13-23-17-5-8-27-9-6-17/h2-3,10,12,16-19,23H,4-9,11,13-14H2,1H3. The third-order valence-electron chi connectivity index (χ3n) is 6.75. The highest BCUT2D eigenvalue weighted by Crippen LogP contribution is 2.42. The Labute approximate surface area is 171 Å². The van der Waals surface area contributed by atoms with E-state index in [9.17, 15) is 0 Å². The average Bonchev–Trinajstić information content (AvgIpc) is 3.28. The molecule has 28 heavy (non-hydrogen) atoms. The lowest BCUT2D eigenvalue weighted by molar-refractivity contribution is 0.0235. The van der Waals surface area contributed by atoms with Crippen molar-refractivity contribution >= 4 is 11.3 Å². The number of thiophene rings is 1. The van der Waals surface area contributed by atoms with Crippen molar-refractivity contribution in [2.45, 2.75) is 50.6 Å². The van der Waals surface area contributed by atoms with E-state index in [1.165, 1.54) is 30.0 Å². The van der Waals surface area contributed by atoms with Crippen LogP contribution in [0.4, 0.5) is 0 Å². The van der Waals surface area contributed by atoms with Gasteiger partial charge >= 0.3 is 0 Å². The van der Waals surface area contributed by atoms with Gasteiger partial charge in [-0.25, -0.2) is 9.97 Å². The number of ether oxygens (including phenoxy) is 1. The zero-order valence-electron chi connectivity index (χ0n) is 16.6. The molecule has 5 nitrogen and oxygen atoms in total. The molecule has 0 spiro atoms. The van der Waals surface area contributed by atoms with Gasteiger partial charge in [0.1, 0.15) is 5.82 Å². The molecule has 4 aliphatic heterocycles. The number of nitrogens with one attached hydrogen (secondary N) is 1. The lowest BCUT2D eigenvalue weighted by Gasteiger charge is -2.50. The van der Waals surface area contributed by atoms with Gasteiger partial charge in [0.25, 0.3) is 0 Å². The molecule has 0 aromatic carbocycles. The molecule has 4 fully saturated rings. The second-order valence-corrected chi connectivity index (χ2v) is 9.48. The largest absolute Gasteiger partial charge is 0.381 e. The van der Waals surface area contributed by atoms with E-state index in [1.54, 1.807) is 11.3 Å². The van der Waals surface area contributed by atoms with Crippen LogP contribution >= 0.6 is 11.3 Å². The Kier molecular flexibility index (Phi) is 5.46. The molecule has 1 N–H and O–H groups in total. The molecular formula is C22H30N4OS. The summed E-state index contributed by atoms with van der Waals surface area (Å²) in [5.41, 5.74) is 2.34. The molecule has 0 saturated carbocycles. The Morgan fingerprint density at radius 2 is 2.14 bits per heavy atom. The maximum absolute atomic E-state index is 5.49. The second-order valence-electron chi connectivity index (χ2n) is 8.54. The number of piperidine rings is 3. The van der Waals surface area contributed by atoms with Gasteiger partial charge < -0.3 is 10.1 Å². The summed E-state index contributed by atoms with van der Waals surface area (Å²) >= 11 is 1.76. The van der Waals surface area contributed by atoms with Crippen LogP contribution in [-0.4, -0.2) is 59.8 Å². The summed E-state index contributed by atoms with van der Waals surface area (Å²) in [6.07, 6.45) is 4.91. The zero-order valence-corrected chi connectivity index (χ0v) is 17.5. The molecule has 0 aliphatic carbocycles. The van der Waals surface area contributed by atoms with E-state index in [4.69, 9.17) is 14.7 Å². The summed E-state index contributed by atoms with van der Waals surface area (Å²) in [5.74, 6) is 2.19. The number of aromatic nitrogens is 2. The van der Waals surface area contributed by atoms with Crippen molar-refractivity contribution in [3.63, 3.8) is 0 Å². The number of nitrogens with zero attached hydrogens (tertiary/aromatic N) is 3. The van der Waals surface area contributed by atoms with Crippen molar-refractivity contribution in [1.29, 1.82) is 0 Å². The summed E-state index contributed by atoms with van der Waals surface area (Å²) < 4.78 is 5.49. The Morgan fingerprint density at radius 1 is 1.25 bits per heavy atom. The molecule has 4 saturated heterocycles. The van der Waals surface area contributed by atoms with Crippen molar-refractivity contribution in [2.75, 3.05) is 32.8 Å². The van der Waals surface area contributed by atoms with E-state index < -0.39 is 0 Å². The van der Waals surface area contributed by atoms with Gasteiger partial charge in [0.05, 0.1) is 10.6 Å². The summed E-state index contributed by atoms with van der Waals surface area (Å²) in [6.45, 7) is 7.36. The minimum Gasteiger partial charge on any atom is -0.381 e. The smallest absolute Gasteiger partial charge is 0.126 e. The zero-order chi connectivity index (χ0) is 18.9. The molecule has 4 atom stereocenters. The summed E-state index contributed by atoms with van der Waals surface area (Å²) in [5, 5.41) is 5.94. The molecule has 0 radical (unpaired) electrons. The first kappa shape index (κ1) is 18.7. The van der Waals surface area contributed by atoms with Crippen LogP contribution in [0.25, 0.3) is 10.6 Å². The third kappa shape index (κ3) is 3.88. The lowest BCUT2D eigenvalue weighted by atomic mass is 9.74. The number of hydrogen-bond donors (Lipinski definition) is 1. The van der Waals surface area contributed by atoms with Crippen molar-refractivity contribution in [3.8, 4) is 10.6 Å². The van der Waals surface area contributed by atoms with Crippen LogP contribution in [0.2, 0.25) is 0 Å². The average molecular weight is 399 g/mol. The summed E-state index contributed by atoms with van der Waals surface area (Å²) in [4.78, 5) is 13.5. The molecule has 6 heterocycles. The number of rotatable bonds is 5.